The zero-order valence-electron chi connectivity index (χ0n) is 14.3. The van der Waals surface area contributed by atoms with Crippen LogP contribution in [0.15, 0.2) is 24.3 Å². The summed E-state index contributed by atoms with van der Waals surface area (Å²) < 4.78 is 4.88. The van der Waals surface area contributed by atoms with E-state index < -0.39 is 6.09 Å². The maximum Gasteiger partial charge on any atom is 0.411 e. The summed E-state index contributed by atoms with van der Waals surface area (Å²) in [6.45, 7) is 3.80. The highest BCUT2D eigenvalue weighted by Crippen LogP contribution is 2.36. The van der Waals surface area contributed by atoms with Crippen LogP contribution < -0.4 is 5.32 Å². The first-order valence-electron chi connectivity index (χ1n) is 9.00. The van der Waals surface area contributed by atoms with E-state index in [9.17, 15) is 9.59 Å². The fraction of sp³-hybridized carbons (Fsp3) is 0.579. The molecule has 2 fully saturated rings. The molecule has 1 N–H and O–H groups in total. The molecule has 0 spiro atoms. The minimum Gasteiger partial charge on any atom is -0.450 e. The van der Waals surface area contributed by atoms with Crippen molar-refractivity contribution in [2.45, 2.75) is 39.0 Å². The first-order chi connectivity index (χ1) is 11.7. The highest BCUT2D eigenvalue weighted by molar-refractivity contribution is 5.96. The summed E-state index contributed by atoms with van der Waals surface area (Å²) in [5.74, 6) is 1.53. The number of anilines is 1. The number of nitrogens with zero attached hydrogens (tertiary/aromatic N) is 1. The molecule has 1 aromatic carbocycles. The van der Waals surface area contributed by atoms with Gasteiger partial charge in [-0.3, -0.25) is 10.1 Å². The van der Waals surface area contributed by atoms with Crippen molar-refractivity contribution < 1.29 is 14.3 Å². The lowest BCUT2D eigenvalue weighted by Crippen LogP contribution is -2.44. The lowest BCUT2D eigenvalue weighted by Gasteiger charge is -2.41. The van der Waals surface area contributed by atoms with E-state index >= 15 is 0 Å². The molecule has 2 aliphatic rings. The Morgan fingerprint density at radius 1 is 1.21 bits per heavy atom. The van der Waals surface area contributed by atoms with Gasteiger partial charge in [-0.15, -0.1) is 0 Å². The third-order valence-corrected chi connectivity index (χ3v) is 5.21. The number of hydrogen-bond donors (Lipinski definition) is 1. The van der Waals surface area contributed by atoms with E-state index in [0.29, 0.717) is 23.8 Å². The van der Waals surface area contributed by atoms with Crippen molar-refractivity contribution in [1.82, 2.24) is 4.90 Å². The quantitative estimate of drug-likeness (QED) is 0.914. The predicted molar refractivity (Wildman–Crippen MR) is 93.1 cm³/mol. The Balaban J connectivity index is 1.65. The molecule has 1 saturated heterocycles. The monoisotopic (exact) mass is 330 g/mol. The number of rotatable bonds is 3. The average Bonchev–Trinajstić information content (AvgIpc) is 2.61. The number of ether oxygens (including phenoxy) is 1. The number of carbonyl (C=O) groups excluding carboxylic acids is 2. The van der Waals surface area contributed by atoms with Crippen molar-refractivity contribution in [3.63, 3.8) is 0 Å². The maximum atomic E-state index is 12.8. The van der Waals surface area contributed by atoms with Crippen molar-refractivity contribution >= 4 is 17.7 Å². The topological polar surface area (TPSA) is 58.6 Å². The minimum absolute atomic E-state index is 0.0616. The van der Waals surface area contributed by atoms with Crippen molar-refractivity contribution in [3.8, 4) is 0 Å². The van der Waals surface area contributed by atoms with Crippen LogP contribution in [0.1, 0.15) is 49.4 Å². The third-order valence-electron chi connectivity index (χ3n) is 5.21. The molecule has 24 heavy (non-hydrogen) atoms. The van der Waals surface area contributed by atoms with Gasteiger partial charge < -0.3 is 9.64 Å². The Bertz CT molecular complexity index is 602. The van der Waals surface area contributed by atoms with E-state index in [4.69, 9.17) is 4.74 Å². The average molecular weight is 330 g/mol. The summed E-state index contributed by atoms with van der Waals surface area (Å²) in [6, 6.07) is 7.10. The molecule has 5 heteroatoms. The van der Waals surface area contributed by atoms with Crippen molar-refractivity contribution in [2.75, 3.05) is 25.0 Å². The van der Waals surface area contributed by atoms with Crippen molar-refractivity contribution in [1.29, 1.82) is 0 Å². The van der Waals surface area contributed by atoms with Crippen LogP contribution in [0.3, 0.4) is 0 Å². The van der Waals surface area contributed by atoms with Gasteiger partial charge in [-0.25, -0.2) is 4.79 Å². The molecule has 2 atom stereocenters. The molecule has 0 unspecified atom stereocenters. The van der Waals surface area contributed by atoms with Gasteiger partial charge in [0, 0.05) is 24.3 Å². The van der Waals surface area contributed by atoms with Gasteiger partial charge in [0.25, 0.3) is 5.91 Å². The van der Waals surface area contributed by atoms with Crippen molar-refractivity contribution in [2.24, 2.45) is 11.8 Å². The Hall–Kier alpha value is -2.04. The molecule has 130 valence electrons. The second-order valence-corrected chi connectivity index (χ2v) is 6.77. The Kier molecular flexibility index (Phi) is 5.38. The Labute approximate surface area is 143 Å². The molecule has 5 nitrogen and oxygen atoms in total. The molecule has 0 bridgehead atoms. The molecular formula is C19H26N2O3. The Morgan fingerprint density at radius 3 is 2.79 bits per heavy atom. The lowest BCUT2D eigenvalue weighted by atomic mass is 9.75. The van der Waals surface area contributed by atoms with E-state index in [0.717, 1.165) is 25.4 Å². The highest BCUT2D eigenvalue weighted by Gasteiger charge is 2.33. The standard InChI is InChI=1S/C19H26N2O3/c1-2-24-19(23)20-17-9-5-8-15(12-17)18(22)21-11-10-14-6-3-4-7-16(14)13-21/h5,8-9,12,14,16H,2-4,6-7,10-11,13H2,1H3,(H,20,23)/t14-,16+/m1/s1. The van der Waals surface area contributed by atoms with Crippen molar-refractivity contribution in [3.05, 3.63) is 29.8 Å². The summed E-state index contributed by atoms with van der Waals surface area (Å²) in [5, 5.41) is 2.65. The largest absolute Gasteiger partial charge is 0.450 e. The van der Waals surface area contributed by atoms with Gasteiger partial charge in [0.05, 0.1) is 6.61 Å². The van der Waals surface area contributed by atoms with Crippen LogP contribution in [0.25, 0.3) is 0 Å². The normalized spacial score (nSPS) is 23.3. The number of piperidine rings is 1. The third kappa shape index (κ3) is 3.89. The zero-order valence-corrected chi connectivity index (χ0v) is 14.3. The smallest absolute Gasteiger partial charge is 0.411 e. The van der Waals surface area contributed by atoms with Crippen LogP contribution in [0.2, 0.25) is 0 Å². The van der Waals surface area contributed by atoms with E-state index in [2.05, 4.69) is 5.32 Å². The Morgan fingerprint density at radius 2 is 2.00 bits per heavy atom. The van der Waals surface area contributed by atoms with Gasteiger partial charge in [0.2, 0.25) is 0 Å². The molecule has 0 radical (unpaired) electrons. The molecule has 1 aromatic rings. The number of hydrogen-bond acceptors (Lipinski definition) is 3. The first-order valence-corrected chi connectivity index (χ1v) is 9.00. The highest BCUT2D eigenvalue weighted by atomic mass is 16.5. The van der Waals surface area contributed by atoms with Gasteiger partial charge in [-0.1, -0.05) is 25.3 Å². The maximum absolute atomic E-state index is 12.8. The molecule has 1 saturated carbocycles. The lowest BCUT2D eigenvalue weighted by molar-refractivity contribution is 0.0521. The van der Waals surface area contributed by atoms with Gasteiger partial charge in [-0.05, 0) is 49.8 Å². The van der Waals surface area contributed by atoms with E-state index in [1.54, 1.807) is 25.1 Å². The van der Waals surface area contributed by atoms with Crippen LogP contribution in [0.5, 0.6) is 0 Å². The predicted octanol–water partition coefficient (Wildman–Crippen LogP) is 3.91. The van der Waals surface area contributed by atoms with Gasteiger partial charge in [0.1, 0.15) is 0 Å². The van der Waals surface area contributed by atoms with Crippen LogP contribution >= 0.6 is 0 Å². The summed E-state index contributed by atoms with van der Waals surface area (Å²) in [7, 11) is 0. The molecule has 1 aliphatic heterocycles. The van der Waals surface area contributed by atoms with E-state index in [1.807, 2.05) is 11.0 Å². The first kappa shape index (κ1) is 16.8. The molecule has 1 aliphatic carbocycles. The zero-order chi connectivity index (χ0) is 16.9. The number of amides is 2. The number of carbonyl (C=O) groups is 2. The molecule has 2 amide bonds. The summed E-state index contributed by atoms with van der Waals surface area (Å²) in [6.07, 6.45) is 5.84. The molecular weight excluding hydrogens is 304 g/mol. The SMILES string of the molecule is CCOC(=O)Nc1cccc(C(=O)N2CC[C@H]3CCCC[C@H]3C2)c1. The second-order valence-electron chi connectivity index (χ2n) is 6.77. The van der Waals surface area contributed by atoms with Crippen LogP contribution in [0, 0.1) is 11.8 Å². The summed E-state index contributed by atoms with van der Waals surface area (Å²) >= 11 is 0. The van der Waals surface area contributed by atoms with E-state index in [-0.39, 0.29) is 5.91 Å². The molecule has 1 heterocycles. The fourth-order valence-corrected chi connectivity index (χ4v) is 3.98. The minimum atomic E-state index is -0.495. The van der Waals surface area contributed by atoms with Crippen LogP contribution in [-0.2, 0) is 4.74 Å². The number of likely N-dealkylation sites (tertiary alicyclic amines) is 1. The summed E-state index contributed by atoms with van der Waals surface area (Å²) in [4.78, 5) is 26.3. The second kappa shape index (κ2) is 7.69. The molecule has 0 aromatic heterocycles. The van der Waals surface area contributed by atoms with E-state index in [1.165, 1.54) is 25.7 Å². The molecule has 3 rings (SSSR count). The fourth-order valence-electron chi connectivity index (χ4n) is 3.98. The van der Waals surface area contributed by atoms with Crippen LogP contribution in [-0.4, -0.2) is 36.6 Å². The van der Waals surface area contributed by atoms with Crippen LogP contribution in [0.4, 0.5) is 10.5 Å². The van der Waals surface area contributed by atoms with Gasteiger partial charge in [0.15, 0.2) is 0 Å². The van der Waals surface area contributed by atoms with Gasteiger partial charge in [-0.2, -0.15) is 0 Å². The summed E-state index contributed by atoms with van der Waals surface area (Å²) in [5.41, 5.74) is 1.21. The number of fused-ring (bicyclic) bond motifs is 1. The number of benzene rings is 1. The van der Waals surface area contributed by atoms with Gasteiger partial charge >= 0.3 is 6.09 Å². The number of nitrogens with one attached hydrogen (secondary N) is 1.